The Labute approximate surface area is 210 Å². The third kappa shape index (κ3) is 3.80. The lowest BCUT2D eigenvalue weighted by Gasteiger charge is -2.27. The molecular weight excluding hydrogens is 448 g/mol. The summed E-state index contributed by atoms with van der Waals surface area (Å²) in [6, 6.07) is 18.3. The largest absolute Gasteiger partial charge is 0.340 e. The highest BCUT2D eigenvalue weighted by Gasteiger charge is 2.30. The van der Waals surface area contributed by atoms with Crippen molar-refractivity contribution < 1.29 is 4.79 Å². The highest BCUT2D eigenvalue weighted by Crippen LogP contribution is 2.34. The average Bonchev–Trinajstić information content (AvgIpc) is 3.62. The van der Waals surface area contributed by atoms with Crippen molar-refractivity contribution in [2.24, 2.45) is 0 Å². The molecule has 6 rings (SSSR count). The summed E-state index contributed by atoms with van der Waals surface area (Å²) < 4.78 is 4.31. The van der Waals surface area contributed by atoms with Gasteiger partial charge in [0.15, 0.2) is 5.82 Å². The van der Waals surface area contributed by atoms with Gasteiger partial charge in [0.25, 0.3) is 5.91 Å². The van der Waals surface area contributed by atoms with Crippen molar-refractivity contribution in [2.45, 2.75) is 25.4 Å². The zero-order valence-corrected chi connectivity index (χ0v) is 20.6. The van der Waals surface area contributed by atoms with Gasteiger partial charge in [0.1, 0.15) is 0 Å². The first kappa shape index (κ1) is 22.3. The van der Waals surface area contributed by atoms with Gasteiger partial charge in [-0.25, -0.2) is 4.98 Å². The standard InChI is InChI=1S/C29H28N6O/c1-32(2)19-25-4-3-12-34(25)29(36)22-9-10-26-24(14-22)18-33-17-23(21-7-5-20(16-30)6-8-21)15-27(33)28-31-11-13-35(26)28/h5-11,13-15,17,25H,3-4,12,18-19H2,1-2H3/t25-/m0/s1. The quantitative estimate of drug-likeness (QED) is 0.385. The zero-order chi connectivity index (χ0) is 24.8. The Hall–Kier alpha value is -4.15. The fraction of sp³-hybridized carbons (Fsp3) is 0.276. The first-order valence-electron chi connectivity index (χ1n) is 12.4. The highest BCUT2D eigenvalue weighted by atomic mass is 16.2. The van der Waals surface area contributed by atoms with Crippen LogP contribution >= 0.6 is 0 Å². The Morgan fingerprint density at radius 3 is 2.75 bits per heavy atom. The van der Waals surface area contributed by atoms with Gasteiger partial charge in [-0.2, -0.15) is 5.26 Å². The molecule has 0 spiro atoms. The van der Waals surface area contributed by atoms with Crippen LogP contribution in [-0.2, 0) is 6.54 Å². The fourth-order valence-electron chi connectivity index (χ4n) is 5.56. The van der Waals surface area contributed by atoms with Crippen molar-refractivity contribution >= 4 is 5.91 Å². The molecule has 0 aliphatic carbocycles. The molecule has 1 saturated heterocycles. The number of aromatic nitrogens is 3. The lowest BCUT2D eigenvalue weighted by molar-refractivity contribution is 0.0716. The molecule has 180 valence electrons. The van der Waals surface area contributed by atoms with Crippen LogP contribution in [0.15, 0.2) is 67.1 Å². The van der Waals surface area contributed by atoms with Crippen molar-refractivity contribution in [3.63, 3.8) is 0 Å². The number of likely N-dealkylation sites (N-methyl/N-ethyl adjacent to an activating group) is 1. The first-order valence-corrected chi connectivity index (χ1v) is 12.4. The molecule has 2 aromatic carbocycles. The molecule has 2 aromatic heterocycles. The highest BCUT2D eigenvalue weighted by molar-refractivity contribution is 5.95. The van der Waals surface area contributed by atoms with Crippen molar-refractivity contribution in [2.75, 3.05) is 27.2 Å². The van der Waals surface area contributed by atoms with E-state index in [0.717, 1.165) is 65.4 Å². The molecule has 2 aliphatic rings. The summed E-state index contributed by atoms with van der Waals surface area (Å²) in [7, 11) is 4.12. The number of hydrogen-bond donors (Lipinski definition) is 0. The lowest BCUT2D eigenvalue weighted by atomic mass is 10.1. The number of carbonyl (C=O) groups is 1. The number of fused-ring (bicyclic) bond motifs is 5. The number of nitrogens with zero attached hydrogens (tertiary/aromatic N) is 6. The molecule has 0 unspecified atom stereocenters. The molecule has 1 atom stereocenters. The minimum Gasteiger partial charge on any atom is -0.340 e. The predicted octanol–water partition coefficient (Wildman–Crippen LogP) is 4.41. The molecule has 2 aliphatic heterocycles. The van der Waals surface area contributed by atoms with Crippen molar-refractivity contribution in [3.05, 3.63) is 83.8 Å². The molecule has 0 N–H and O–H groups in total. The zero-order valence-electron chi connectivity index (χ0n) is 20.6. The topological polar surface area (TPSA) is 70.1 Å². The van der Waals surface area contributed by atoms with Gasteiger partial charge in [-0.1, -0.05) is 12.1 Å². The normalized spacial score (nSPS) is 16.3. The second-order valence-electron chi connectivity index (χ2n) is 9.95. The maximum atomic E-state index is 13.6. The monoisotopic (exact) mass is 476 g/mol. The SMILES string of the molecule is CN(C)C[C@@H]1CCCN1C(=O)c1ccc2c(c1)Cn1cc(-c3ccc(C#N)cc3)cc1-c1nccn1-2. The third-order valence-corrected chi connectivity index (χ3v) is 7.25. The molecule has 4 aromatic rings. The van der Waals surface area contributed by atoms with Gasteiger partial charge in [-0.3, -0.25) is 9.36 Å². The maximum absolute atomic E-state index is 13.6. The van der Waals surface area contributed by atoms with E-state index in [-0.39, 0.29) is 11.9 Å². The summed E-state index contributed by atoms with van der Waals surface area (Å²) >= 11 is 0. The van der Waals surface area contributed by atoms with Crippen LogP contribution in [0, 0.1) is 11.3 Å². The van der Waals surface area contributed by atoms with E-state index in [1.165, 1.54) is 0 Å². The molecule has 0 bridgehead atoms. The second-order valence-corrected chi connectivity index (χ2v) is 9.95. The molecule has 7 nitrogen and oxygen atoms in total. The Bertz CT molecular complexity index is 1490. The number of rotatable bonds is 4. The van der Waals surface area contributed by atoms with Gasteiger partial charge >= 0.3 is 0 Å². The van der Waals surface area contributed by atoms with E-state index in [9.17, 15) is 4.79 Å². The van der Waals surface area contributed by atoms with E-state index >= 15 is 0 Å². The van der Waals surface area contributed by atoms with Crippen molar-refractivity contribution in [1.82, 2.24) is 23.9 Å². The van der Waals surface area contributed by atoms with Crippen LogP contribution in [0.3, 0.4) is 0 Å². The lowest BCUT2D eigenvalue weighted by Crippen LogP contribution is -2.41. The van der Waals surface area contributed by atoms with Crippen LogP contribution in [-0.4, -0.2) is 63.1 Å². The summed E-state index contributed by atoms with van der Waals surface area (Å²) in [5.41, 5.74) is 6.67. The van der Waals surface area contributed by atoms with Crippen LogP contribution in [0.1, 0.15) is 34.3 Å². The van der Waals surface area contributed by atoms with Crippen LogP contribution in [0.2, 0.25) is 0 Å². The average molecular weight is 477 g/mol. The second kappa shape index (κ2) is 8.81. The Morgan fingerprint density at radius 1 is 1.14 bits per heavy atom. The number of carbonyl (C=O) groups excluding carboxylic acids is 1. The number of benzene rings is 2. The number of likely N-dealkylation sites (tertiary alicyclic amines) is 1. The van der Waals surface area contributed by atoms with E-state index in [0.29, 0.717) is 12.1 Å². The summed E-state index contributed by atoms with van der Waals surface area (Å²) in [6.07, 6.45) is 8.04. The summed E-state index contributed by atoms with van der Waals surface area (Å²) in [5, 5.41) is 9.13. The minimum atomic E-state index is 0.114. The molecular formula is C29H28N6O. The van der Waals surface area contributed by atoms with Gasteiger partial charge in [-0.05, 0) is 74.5 Å². The first-order chi connectivity index (χ1) is 17.5. The van der Waals surface area contributed by atoms with Crippen LogP contribution in [0.25, 0.3) is 28.3 Å². The summed E-state index contributed by atoms with van der Waals surface area (Å²) in [5.74, 6) is 0.988. The molecule has 36 heavy (non-hydrogen) atoms. The van der Waals surface area contributed by atoms with E-state index in [2.05, 4.69) is 63.6 Å². The van der Waals surface area contributed by atoms with Gasteiger partial charge in [0.2, 0.25) is 0 Å². The molecule has 0 saturated carbocycles. The van der Waals surface area contributed by atoms with Crippen molar-refractivity contribution in [1.29, 1.82) is 5.26 Å². The summed E-state index contributed by atoms with van der Waals surface area (Å²) in [4.78, 5) is 22.4. The van der Waals surface area contributed by atoms with Gasteiger partial charge in [0.05, 0.1) is 23.0 Å². The maximum Gasteiger partial charge on any atom is 0.254 e. The number of amides is 1. The van der Waals surface area contributed by atoms with Crippen molar-refractivity contribution in [3.8, 4) is 34.4 Å². The molecule has 7 heteroatoms. The van der Waals surface area contributed by atoms with Gasteiger partial charge < -0.3 is 14.4 Å². The minimum absolute atomic E-state index is 0.114. The summed E-state index contributed by atoms with van der Waals surface area (Å²) in [6.45, 7) is 2.35. The fourth-order valence-corrected chi connectivity index (χ4v) is 5.56. The van der Waals surface area contributed by atoms with Gasteiger partial charge in [-0.15, -0.1) is 0 Å². The van der Waals surface area contributed by atoms with Crippen LogP contribution in [0.5, 0.6) is 0 Å². The molecule has 0 radical (unpaired) electrons. The van der Waals surface area contributed by atoms with E-state index in [1.807, 2.05) is 47.6 Å². The number of hydrogen-bond acceptors (Lipinski definition) is 4. The Morgan fingerprint density at radius 2 is 1.97 bits per heavy atom. The third-order valence-electron chi connectivity index (χ3n) is 7.25. The molecule has 1 fully saturated rings. The molecule has 1 amide bonds. The van der Waals surface area contributed by atoms with E-state index in [1.54, 1.807) is 0 Å². The Kier molecular flexibility index (Phi) is 5.46. The van der Waals surface area contributed by atoms with Gasteiger partial charge in [0, 0.05) is 55.4 Å². The smallest absolute Gasteiger partial charge is 0.254 e. The number of nitriles is 1. The van der Waals surface area contributed by atoms with Crippen LogP contribution in [0.4, 0.5) is 0 Å². The Balaban J connectivity index is 1.37. The predicted molar refractivity (Wildman–Crippen MR) is 139 cm³/mol. The van der Waals surface area contributed by atoms with E-state index in [4.69, 9.17) is 5.26 Å². The number of imidazole rings is 1. The van der Waals surface area contributed by atoms with Crippen LogP contribution < -0.4 is 0 Å². The molecule has 4 heterocycles. The van der Waals surface area contributed by atoms with E-state index < -0.39 is 0 Å².